The fraction of sp³-hybridized carbons (Fsp3) is 0.333. The molecule has 0 saturated heterocycles. The fourth-order valence-electron chi connectivity index (χ4n) is 2.05. The van der Waals surface area contributed by atoms with Gasteiger partial charge in [-0.15, -0.1) is 0 Å². The Balaban J connectivity index is 2.12. The minimum Gasteiger partial charge on any atom is -0.444 e. The normalized spacial score (nSPS) is 11.1. The first-order chi connectivity index (χ1) is 10.3. The monoisotopic (exact) mass is 299 g/mol. The summed E-state index contributed by atoms with van der Waals surface area (Å²) in [6.07, 6.45) is 3.49. The number of ether oxygens (including phenoxy) is 1. The van der Waals surface area contributed by atoms with Crippen molar-refractivity contribution in [2.45, 2.75) is 39.8 Å². The Morgan fingerprint density at radius 3 is 2.50 bits per heavy atom. The van der Waals surface area contributed by atoms with Crippen molar-refractivity contribution in [1.29, 1.82) is 0 Å². The topological polar surface area (TPSA) is 42.2 Å². The van der Waals surface area contributed by atoms with Gasteiger partial charge in [0.2, 0.25) is 0 Å². The van der Waals surface area contributed by atoms with E-state index in [0.717, 1.165) is 17.8 Å². The van der Waals surface area contributed by atoms with Crippen LogP contribution in [0, 0.1) is 6.92 Å². The average Bonchev–Trinajstić information content (AvgIpc) is 2.41. The summed E-state index contributed by atoms with van der Waals surface area (Å²) in [5.74, 6) is 0. The van der Waals surface area contributed by atoms with Crippen LogP contribution in [0.2, 0.25) is 0 Å². The van der Waals surface area contributed by atoms with Crippen LogP contribution in [0.5, 0.6) is 0 Å². The standard InChI is InChI=1S/C18H22N2O2/c1-14-10-11-20(12-15-8-6-5-7-9-15)13-16(14)19-17(21)22-18(2,3)4/h5-11,13H,12H2,1-4H3/p+1. The molecule has 4 heteroatoms. The van der Waals surface area contributed by atoms with Crippen molar-refractivity contribution in [1.82, 2.24) is 0 Å². The van der Waals surface area contributed by atoms with E-state index in [-0.39, 0.29) is 0 Å². The number of nitrogens with zero attached hydrogens (tertiary/aromatic N) is 1. The van der Waals surface area contributed by atoms with Gasteiger partial charge in [0.1, 0.15) is 11.3 Å². The molecule has 1 amide bonds. The van der Waals surface area contributed by atoms with Crippen molar-refractivity contribution in [2.75, 3.05) is 5.32 Å². The Morgan fingerprint density at radius 1 is 1.18 bits per heavy atom. The molecule has 1 aromatic heterocycles. The number of carbonyl (C=O) groups excluding carboxylic acids is 1. The Bertz CT molecular complexity index is 646. The second-order valence-corrected chi connectivity index (χ2v) is 6.33. The van der Waals surface area contributed by atoms with E-state index in [1.54, 1.807) is 0 Å². The van der Waals surface area contributed by atoms with Crippen molar-refractivity contribution in [3.63, 3.8) is 0 Å². The number of hydrogen-bond donors (Lipinski definition) is 1. The summed E-state index contributed by atoms with van der Waals surface area (Å²) in [5, 5.41) is 2.81. The molecule has 2 aromatic rings. The molecule has 0 aliphatic rings. The number of pyridine rings is 1. The van der Waals surface area contributed by atoms with Crippen molar-refractivity contribution in [3.05, 3.63) is 59.9 Å². The zero-order valence-corrected chi connectivity index (χ0v) is 13.6. The van der Waals surface area contributed by atoms with Crippen LogP contribution in [0.25, 0.3) is 0 Å². The first kappa shape index (κ1) is 16.0. The second-order valence-electron chi connectivity index (χ2n) is 6.33. The van der Waals surface area contributed by atoms with Gasteiger partial charge in [-0.25, -0.2) is 4.79 Å². The molecule has 2 rings (SSSR count). The molecule has 22 heavy (non-hydrogen) atoms. The van der Waals surface area contributed by atoms with Gasteiger partial charge >= 0.3 is 6.09 Å². The smallest absolute Gasteiger partial charge is 0.412 e. The number of hydrogen-bond acceptors (Lipinski definition) is 2. The highest BCUT2D eigenvalue weighted by Crippen LogP contribution is 2.14. The zero-order valence-electron chi connectivity index (χ0n) is 13.6. The van der Waals surface area contributed by atoms with Crippen LogP contribution in [-0.2, 0) is 11.3 Å². The molecule has 0 unspecified atom stereocenters. The van der Waals surface area contributed by atoms with Gasteiger partial charge in [-0.3, -0.25) is 5.32 Å². The van der Waals surface area contributed by atoms with E-state index in [1.165, 1.54) is 5.56 Å². The lowest BCUT2D eigenvalue weighted by Gasteiger charge is -2.19. The fourth-order valence-corrected chi connectivity index (χ4v) is 2.05. The quantitative estimate of drug-likeness (QED) is 0.879. The molecule has 0 spiro atoms. The van der Waals surface area contributed by atoms with Gasteiger partial charge in [0.25, 0.3) is 0 Å². The van der Waals surface area contributed by atoms with Crippen LogP contribution in [0.3, 0.4) is 0 Å². The van der Waals surface area contributed by atoms with E-state index in [4.69, 9.17) is 4.74 Å². The molecule has 0 aliphatic carbocycles. The minimum absolute atomic E-state index is 0.437. The number of anilines is 1. The minimum atomic E-state index is -0.507. The highest BCUT2D eigenvalue weighted by atomic mass is 16.6. The summed E-state index contributed by atoms with van der Waals surface area (Å²) >= 11 is 0. The SMILES string of the molecule is Cc1cc[n+](Cc2ccccc2)cc1NC(=O)OC(C)(C)C. The molecule has 1 aromatic carbocycles. The third kappa shape index (κ3) is 4.88. The largest absolute Gasteiger partial charge is 0.444 e. The van der Waals surface area contributed by atoms with Crippen LogP contribution in [-0.4, -0.2) is 11.7 Å². The van der Waals surface area contributed by atoms with Gasteiger partial charge in [0.15, 0.2) is 18.9 Å². The van der Waals surface area contributed by atoms with Gasteiger partial charge in [-0.05, 0) is 33.3 Å². The molecule has 0 atom stereocenters. The molecule has 0 bridgehead atoms. The molecule has 0 radical (unpaired) electrons. The Morgan fingerprint density at radius 2 is 1.86 bits per heavy atom. The van der Waals surface area contributed by atoms with Crippen molar-refractivity contribution in [3.8, 4) is 0 Å². The average molecular weight is 299 g/mol. The maximum Gasteiger partial charge on any atom is 0.412 e. The lowest BCUT2D eigenvalue weighted by molar-refractivity contribution is -0.687. The third-order valence-corrected chi connectivity index (χ3v) is 3.08. The van der Waals surface area contributed by atoms with E-state index >= 15 is 0 Å². The van der Waals surface area contributed by atoms with Gasteiger partial charge < -0.3 is 4.74 Å². The maximum absolute atomic E-state index is 11.9. The van der Waals surface area contributed by atoms with Crippen molar-refractivity contribution in [2.24, 2.45) is 0 Å². The number of rotatable bonds is 3. The zero-order chi connectivity index (χ0) is 16.2. The number of aromatic nitrogens is 1. The Kier molecular flexibility index (Phi) is 4.81. The molecule has 1 N–H and O–H groups in total. The van der Waals surface area contributed by atoms with Crippen LogP contribution in [0.1, 0.15) is 31.9 Å². The van der Waals surface area contributed by atoms with E-state index in [2.05, 4.69) is 17.4 Å². The van der Waals surface area contributed by atoms with Crippen LogP contribution in [0.15, 0.2) is 48.8 Å². The summed E-state index contributed by atoms with van der Waals surface area (Å²) in [5.41, 5.74) is 2.45. The van der Waals surface area contributed by atoms with Crippen molar-refractivity contribution < 1.29 is 14.1 Å². The molecule has 4 nitrogen and oxygen atoms in total. The lowest BCUT2D eigenvalue weighted by Crippen LogP contribution is -2.35. The highest BCUT2D eigenvalue weighted by Gasteiger charge is 2.18. The van der Waals surface area contributed by atoms with Crippen LogP contribution >= 0.6 is 0 Å². The maximum atomic E-state index is 11.9. The predicted molar refractivity (Wildman–Crippen MR) is 86.8 cm³/mol. The van der Waals surface area contributed by atoms with Crippen LogP contribution in [0.4, 0.5) is 10.5 Å². The molecule has 0 fully saturated rings. The number of benzene rings is 1. The first-order valence-corrected chi connectivity index (χ1v) is 7.37. The third-order valence-electron chi connectivity index (χ3n) is 3.08. The molecule has 0 aliphatic heterocycles. The first-order valence-electron chi connectivity index (χ1n) is 7.37. The Hall–Kier alpha value is -2.36. The van der Waals surface area contributed by atoms with E-state index < -0.39 is 11.7 Å². The molecular formula is C18H23N2O2+. The number of aryl methyl sites for hydroxylation is 1. The van der Waals surface area contributed by atoms with Gasteiger partial charge in [0.05, 0.1) is 0 Å². The molecule has 1 heterocycles. The summed E-state index contributed by atoms with van der Waals surface area (Å²) in [4.78, 5) is 11.9. The summed E-state index contributed by atoms with van der Waals surface area (Å²) in [6, 6.07) is 12.2. The van der Waals surface area contributed by atoms with Crippen molar-refractivity contribution >= 4 is 11.8 Å². The van der Waals surface area contributed by atoms with Crippen LogP contribution < -0.4 is 9.88 Å². The van der Waals surface area contributed by atoms with E-state index in [0.29, 0.717) is 0 Å². The predicted octanol–water partition coefficient (Wildman–Crippen LogP) is 3.68. The Labute approximate surface area is 131 Å². The number of carbonyl (C=O) groups is 1. The summed E-state index contributed by atoms with van der Waals surface area (Å²) in [7, 11) is 0. The summed E-state index contributed by atoms with van der Waals surface area (Å²) in [6.45, 7) is 8.25. The van der Waals surface area contributed by atoms with Gasteiger partial charge in [-0.2, -0.15) is 4.57 Å². The second kappa shape index (κ2) is 6.60. The summed E-state index contributed by atoms with van der Waals surface area (Å²) < 4.78 is 7.33. The number of nitrogens with one attached hydrogen (secondary N) is 1. The lowest BCUT2D eigenvalue weighted by atomic mass is 10.2. The van der Waals surface area contributed by atoms with Gasteiger partial charge in [-0.1, -0.05) is 30.3 Å². The number of amides is 1. The molecule has 0 saturated carbocycles. The van der Waals surface area contributed by atoms with E-state index in [1.807, 2.05) is 68.9 Å². The molecular weight excluding hydrogens is 276 g/mol. The van der Waals surface area contributed by atoms with E-state index in [9.17, 15) is 4.79 Å². The van der Waals surface area contributed by atoms with Gasteiger partial charge in [0, 0.05) is 11.6 Å². The highest BCUT2D eigenvalue weighted by molar-refractivity contribution is 5.85. The molecule has 116 valence electrons.